The van der Waals surface area contributed by atoms with Gasteiger partial charge in [-0.1, -0.05) is 11.3 Å². The second-order valence-corrected chi connectivity index (χ2v) is 7.10. The van der Waals surface area contributed by atoms with E-state index in [1.54, 1.807) is 4.90 Å². The number of anilines is 2. The third kappa shape index (κ3) is 3.57. The number of carbonyl (C=O) groups is 2. The Morgan fingerprint density at radius 2 is 2.11 bits per heavy atom. The van der Waals surface area contributed by atoms with E-state index in [0.29, 0.717) is 17.8 Å². The Hall–Kier alpha value is -2.74. The fourth-order valence-corrected chi connectivity index (χ4v) is 3.81. The van der Waals surface area contributed by atoms with Gasteiger partial charge in [0, 0.05) is 24.3 Å². The van der Waals surface area contributed by atoms with Crippen LogP contribution in [0.4, 0.5) is 11.4 Å². The number of nitrogens with one attached hydrogen (secondary N) is 2. The van der Waals surface area contributed by atoms with Gasteiger partial charge in [-0.05, 0) is 57.5 Å². The zero-order valence-corrected chi connectivity index (χ0v) is 15.4. The first-order valence-corrected chi connectivity index (χ1v) is 9.48. The van der Waals surface area contributed by atoms with E-state index in [-0.39, 0.29) is 17.9 Å². The quantitative estimate of drug-likeness (QED) is 0.860. The summed E-state index contributed by atoms with van der Waals surface area (Å²) in [5.41, 5.74) is 2.58. The fraction of sp³-hybridized carbons (Fsp3) is 0.474. The van der Waals surface area contributed by atoms with Gasteiger partial charge in [-0.15, -0.1) is 5.10 Å². The molecule has 2 aliphatic rings. The van der Waals surface area contributed by atoms with Crippen LogP contribution < -0.4 is 15.5 Å². The maximum Gasteiger partial charge on any atom is 0.278 e. The second-order valence-electron chi connectivity index (χ2n) is 7.10. The largest absolute Gasteiger partial charge is 0.320 e. The van der Waals surface area contributed by atoms with Crippen molar-refractivity contribution in [2.75, 3.05) is 29.9 Å². The van der Waals surface area contributed by atoms with E-state index in [9.17, 15) is 9.59 Å². The van der Waals surface area contributed by atoms with E-state index in [4.69, 9.17) is 0 Å². The number of benzene rings is 1. The van der Waals surface area contributed by atoms with Crippen molar-refractivity contribution in [1.82, 2.24) is 20.3 Å². The molecule has 0 aliphatic carbocycles. The Bertz CT molecular complexity index is 856. The van der Waals surface area contributed by atoms with Gasteiger partial charge in [0.25, 0.3) is 5.91 Å². The molecule has 8 heteroatoms. The topological polar surface area (TPSA) is 92.2 Å². The van der Waals surface area contributed by atoms with Crippen LogP contribution in [-0.2, 0) is 4.79 Å². The SMILES string of the molecule is Cc1c(C(=O)Nc2cccc(N3CCCC3=O)c2)nnn1C1CCNCC1. The number of hydrogen-bond donors (Lipinski definition) is 2. The standard InChI is InChI=1S/C19H24N6O2/c1-13-18(22-23-25(13)15-7-9-20-10-8-15)19(27)21-14-4-2-5-16(12-14)24-11-3-6-17(24)26/h2,4-5,12,15,20H,3,6-11H2,1H3,(H,21,27). The monoisotopic (exact) mass is 368 g/mol. The summed E-state index contributed by atoms with van der Waals surface area (Å²) in [6, 6.07) is 7.65. The third-order valence-corrected chi connectivity index (χ3v) is 5.29. The number of piperidine rings is 1. The maximum atomic E-state index is 12.7. The molecule has 3 heterocycles. The molecule has 2 aliphatic heterocycles. The zero-order chi connectivity index (χ0) is 18.8. The van der Waals surface area contributed by atoms with Crippen LogP contribution in [0.3, 0.4) is 0 Å². The van der Waals surface area contributed by atoms with Gasteiger partial charge in [-0.3, -0.25) is 9.59 Å². The number of aromatic nitrogens is 3. The zero-order valence-electron chi connectivity index (χ0n) is 15.4. The molecule has 142 valence electrons. The van der Waals surface area contributed by atoms with Crippen LogP contribution in [0.1, 0.15) is 47.9 Å². The average Bonchev–Trinajstić information content (AvgIpc) is 3.28. The molecule has 2 N–H and O–H groups in total. The van der Waals surface area contributed by atoms with E-state index in [1.165, 1.54) is 0 Å². The molecule has 0 spiro atoms. The van der Waals surface area contributed by atoms with E-state index < -0.39 is 0 Å². The summed E-state index contributed by atoms with van der Waals surface area (Å²) < 4.78 is 1.87. The average molecular weight is 368 g/mol. The number of rotatable bonds is 4. The van der Waals surface area contributed by atoms with Crippen molar-refractivity contribution in [3.63, 3.8) is 0 Å². The van der Waals surface area contributed by atoms with Crippen molar-refractivity contribution in [3.8, 4) is 0 Å². The molecule has 2 fully saturated rings. The molecule has 8 nitrogen and oxygen atoms in total. The maximum absolute atomic E-state index is 12.7. The third-order valence-electron chi connectivity index (χ3n) is 5.29. The van der Waals surface area contributed by atoms with Crippen molar-refractivity contribution in [2.24, 2.45) is 0 Å². The highest BCUT2D eigenvalue weighted by Crippen LogP contribution is 2.25. The molecule has 1 aromatic heterocycles. The minimum Gasteiger partial charge on any atom is -0.320 e. The molecule has 0 saturated carbocycles. The summed E-state index contributed by atoms with van der Waals surface area (Å²) in [4.78, 5) is 26.4. The van der Waals surface area contributed by atoms with Crippen LogP contribution >= 0.6 is 0 Å². The molecular weight excluding hydrogens is 344 g/mol. The molecule has 2 saturated heterocycles. The molecule has 27 heavy (non-hydrogen) atoms. The molecule has 4 rings (SSSR count). The summed E-state index contributed by atoms with van der Waals surface area (Å²) in [6.45, 7) is 4.51. The predicted octanol–water partition coefficient (Wildman–Crippen LogP) is 1.89. The van der Waals surface area contributed by atoms with Gasteiger partial charge in [0.05, 0.1) is 11.7 Å². The summed E-state index contributed by atoms with van der Waals surface area (Å²) in [7, 11) is 0. The minimum atomic E-state index is -0.280. The molecule has 0 unspecified atom stereocenters. The van der Waals surface area contributed by atoms with E-state index >= 15 is 0 Å². The normalized spacial score (nSPS) is 18.1. The van der Waals surface area contributed by atoms with Gasteiger partial charge in [0.1, 0.15) is 0 Å². The molecule has 0 radical (unpaired) electrons. The summed E-state index contributed by atoms with van der Waals surface area (Å²) in [6.07, 6.45) is 3.41. The number of amides is 2. The lowest BCUT2D eigenvalue weighted by molar-refractivity contribution is -0.117. The van der Waals surface area contributed by atoms with Gasteiger partial charge >= 0.3 is 0 Å². The fourth-order valence-electron chi connectivity index (χ4n) is 3.81. The van der Waals surface area contributed by atoms with Crippen LogP contribution in [-0.4, -0.2) is 46.4 Å². The van der Waals surface area contributed by atoms with E-state index in [1.807, 2.05) is 35.9 Å². The molecule has 2 amide bonds. The highest BCUT2D eigenvalue weighted by atomic mass is 16.2. The first kappa shape index (κ1) is 17.7. The lowest BCUT2D eigenvalue weighted by Gasteiger charge is -2.23. The van der Waals surface area contributed by atoms with Crippen LogP contribution in [0.2, 0.25) is 0 Å². The highest BCUT2D eigenvalue weighted by molar-refractivity contribution is 6.04. The first-order chi connectivity index (χ1) is 13.1. The van der Waals surface area contributed by atoms with E-state index in [0.717, 1.165) is 50.3 Å². The van der Waals surface area contributed by atoms with Crippen LogP contribution in [0.5, 0.6) is 0 Å². The summed E-state index contributed by atoms with van der Waals surface area (Å²) >= 11 is 0. The summed E-state index contributed by atoms with van der Waals surface area (Å²) in [5, 5.41) is 14.6. The Kier molecular flexibility index (Phi) is 4.89. The minimum absolute atomic E-state index is 0.124. The number of carbonyl (C=O) groups excluding carboxylic acids is 2. The van der Waals surface area contributed by atoms with Gasteiger partial charge < -0.3 is 15.5 Å². The number of hydrogen-bond acceptors (Lipinski definition) is 5. The van der Waals surface area contributed by atoms with E-state index in [2.05, 4.69) is 20.9 Å². The molecule has 0 bridgehead atoms. The van der Waals surface area contributed by atoms with Crippen molar-refractivity contribution in [3.05, 3.63) is 35.7 Å². The summed E-state index contributed by atoms with van der Waals surface area (Å²) in [5.74, 6) is -0.156. The molecule has 2 aromatic rings. The molecule has 1 aromatic carbocycles. The lowest BCUT2D eigenvalue weighted by atomic mass is 10.1. The first-order valence-electron chi connectivity index (χ1n) is 9.48. The van der Waals surface area contributed by atoms with Crippen LogP contribution in [0.15, 0.2) is 24.3 Å². The lowest BCUT2D eigenvalue weighted by Crippen LogP contribution is -2.30. The van der Waals surface area contributed by atoms with Crippen molar-refractivity contribution >= 4 is 23.2 Å². The molecular formula is C19H24N6O2. The Morgan fingerprint density at radius 3 is 2.85 bits per heavy atom. The van der Waals surface area contributed by atoms with Gasteiger partial charge in [0.15, 0.2) is 5.69 Å². The molecule has 0 atom stereocenters. The second kappa shape index (κ2) is 7.48. The van der Waals surface area contributed by atoms with Crippen LogP contribution in [0, 0.1) is 6.92 Å². The predicted molar refractivity (Wildman–Crippen MR) is 102 cm³/mol. The van der Waals surface area contributed by atoms with Crippen molar-refractivity contribution in [1.29, 1.82) is 0 Å². The van der Waals surface area contributed by atoms with Crippen molar-refractivity contribution < 1.29 is 9.59 Å². The highest BCUT2D eigenvalue weighted by Gasteiger charge is 2.24. The number of nitrogens with zero attached hydrogens (tertiary/aromatic N) is 4. The van der Waals surface area contributed by atoms with Crippen molar-refractivity contribution in [2.45, 2.75) is 38.6 Å². The smallest absolute Gasteiger partial charge is 0.278 e. The Labute approximate surface area is 157 Å². The Morgan fingerprint density at radius 1 is 1.30 bits per heavy atom. The van der Waals surface area contributed by atoms with Crippen LogP contribution in [0.25, 0.3) is 0 Å². The van der Waals surface area contributed by atoms with Gasteiger partial charge in [-0.25, -0.2) is 4.68 Å². The van der Waals surface area contributed by atoms with Gasteiger partial charge in [-0.2, -0.15) is 0 Å². The van der Waals surface area contributed by atoms with Gasteiger partial charge in [0.2, 0.25) is 5.91 Å². The Balaban J connectivity index is 1.49.